The van der Waals surface area contributed by atoms with Crippen LogP contribution in [0.15, 0.2) is 109 Å². The molecular formula is C27H20N2. The summed E-state index contributed by atoms with van der Waals surface area (Å²) >= 11 is 0. The van der Waals surface area contributed by atoms with E-state index in [0.29, 0.717) is 0 Å². The second-order valence-electron chi connectivity index (χ2n) is 7.04. The first-order valence-corrected chi connectivity index (χ1v) is 9.73. The first-order chi connectivity index (χ1) is 14.3. The molecule has 29 heavy (non-hydrogen) atoms. The summed E-state index contributed by atoms with van der Waals surface area (Å²) in [6, 6.07) is 33.6. The third kappa shape index (κ3) is 3.74. The zero-order valence-corrected chi connectivity index (χ0v) is 15.9. The minimum absolute atomic E-state index is 0.947. The van der Waals surface area contributed by atoms with Crippen molar-refractivity contribution >= 4 is 17.8 Å². The van der Waals surface area contributed by atoms with Crippen molar-refractivity contribution < 1.29 is 0 Å². The van der Waals surface area contributed by atoms with Crippen molar-refractivity contribution in [3.63, 3.8) is 0 Å². The predicted molar refractivity (Wildman–Crippen MR) is 121 cm³/mol. The van der Waals surface area contributed by atoms with Gasteiger partial charge < -0.3 is 4.40 Å². The van der Waals surface area contributed by atoms with Crippen LogP contribution in [0.3, 0.4) is 0 Å². The van der Waals surface area contributed by atoms with E-state index in [-0.39, 0.29) is 0 Å². The van der Waals surface area contributed by atoms with Crippen molar-refractivity contribution in [2.45, 2.75) is 0 Å². The van der Waals surface area contributed by atoms with E-state index in [2.05, 4.69) is 102 Å². The average Bonchev–Trinajstić information content (AvgIpc) is 3.23. The van der Waals surface area contributed by atoms with Gasteiger partial charge >= 0.3 is 0 Å². The Hall–Kier alpha value is -3.91. The van der Waals surface area contributed by atoms with E-state index >= 15 is 0 Å². The zero-order chi connectivity index (χ0) is 19.5. The predicted octanol–water partition coefficient (Wildman–Crippen LogP) is 6.84. The second kappa shape index (κ2) is 7.61. The molecule has 0 bridgehead atoms. The van der Waals surface area contributed by atoms with Crippen LogP contribution in [0.2, 0.25) is 0 Å². The number of benzene rings is 3. The number of imidazole rings is 1. The number of pyridine rings is 1. The van der Waals surface area contributed by atoms with Gasteiger partial charge in [0, 0.05) is 18.0 Å². The molecule has 0 saturated heterocycles. The fourth-order valence-electron chi connectivity index (χ4n) is 3.46. The quantitative estimate of drug-likeness (QED) is 0.338. The standard InChI is InChI=1S/C27H20N2/c1-3-7-21(8-4-1)11-12-22-17-18-29-20-26(28-27(29)19-22)25-15-13-24(14-16-25)23-9-5-2-6-10-23/h1-20H/b12-11+. The Morgan fingerprint density at radius 2 is 1.21 bits per heavy atom. The fourth-order valence-corrected chi connectivity index (χ4v) is 3.46. The van der Waals surface area contributed by atoms with E-state index < -0.39 is 0 Å². The van der Waals surface area contributed by atoms with Crippen molar-refractivity contribution in [1.82, 2.24) is 9.38 Å². The highest BCUT2D eigenvalue weighted by Gasteiger charge is 2.05. The van der Waals surface area contributed by atoms with Gasteiger partial charge in [-0.25, -0.2) is 4.98 Å². The van der Waals surface area contributed by atoms with Gasteiger partial charge in [-0.3, -0.25) is 0 Å². The van der Waals surface area contributed by atoms with Crippen molar-refractivity contribution in [3.8, 4) is 22.4 Å². The molecule has 5 aromatic rings. The Labute approximate surface area is 170 Å². The van der Waals surface area contributed by atoms with Crippen LogP contribution in [0.5, 0.6) is 0 Å². The lowest BCUT2D eigenvalue weighted by molar-refractivity contribution is 1.18. The first-order valence-electron chi connectivity index (χ1n) is 9.73. The number of nitrogens with zero attached hydrogens (tertiary/aromatic N) is 2. The van der Waals surface area contributed by atoms with Crippen LogP contribution < -0.4 is 0 Å². The highest BCUT2D eigenvalue weighted by Crippen LogP contribution is 2.25. The van der Waals surface area contributed by atoms with E-state index in [1.807, 2.05) is 24.3 Å². The van der Waals surface area contributed by atoms with Crippen LogP contribution in [0.4, 0.5) is 0 Å². The molecule has 0 aliphatic heterocycles. The SMILES string of the molecule is C(=C\c1ccn2cc(-c3ccc(-c4ccccc4)cc3)nc2c1)/c1ccccc1. The molecule has 0 unspecified atom stereocenters. The average molecular weight is 372 g/mol. The van der Waals surface area contributed by atoms with Crippen LogP contribution in [-0.4, -0.2) is 9.38 Å². The van der Waals surface area contributed by atoms with Gasteiger partial charge in [0.2, 0.25) is 0 Å². The third-order valence-electron chi connectivity index (χ3n) is 5.04. The molecule has 0 aliphatic rings. The van der Waals surface area contributed by atoms with E-state index in [4.69, 9.17) is 4.98 Å². The molecule has 138 valence electrons. The maximum Gasteiger partial charge on any atom is 0.138 e. The third-order valence-corrected chi connectivity index (χ3v) is 5.04. The van der Waals surface area contributed by atoms with Crippen molar-refractivity contribution in [3.05, 3.63) is 121 Å². The van der Waals surface area contributed by atoms with Crippen molar-refractivity contribution in [2.75, 3.05) is 0 Å². The van der Waals surface area contributed by atoms with Crippen LogP contribution in [0, 0.1) is 0 Å². The Kier molecular flexibility index (Phi) is 4.51. The van der Waals surface area contributed by atoms with Crippen molar-refractivity contribution in [2.24, 2.45) is 0 Å². The van der Waals surface area contributed by atoms with Gasteiger partial charge in [0.05, 0.1) is 5.69 Å². The summed E-state index contributed by atoms with van der Waals surface area (Å²) in [6.07, 6.45) is 8.39. The Morgan fingerprint density at radius 3 is 1.97 bits per heavy atom. The van der Waals surface area contributed by atoms with Crippen LogP contribution in [-0.2, 0) is 0 Å². The van der Waals surface area contributed by atoms with E-state index in [0.717, 1.165) is 22.5 Å². The smallest absolute Gasteiger partial charge is 0.138 e. The van der Waals surface area contributed by atoms with Gasteiger partial charge in [0.25, 0.3) is 0 Å². The van der Waals surface area contributed by atoms with Gasteiger partial charge in [0.15, 0.2) is 0 Å². The van der Waals surface area contributed by atoms with Gasteiger partial charge in [-0.15, -0.1) is 0 Å². The molecule has 5 rings (SSSR count). The molecule has 0 atom stereocenters. The maximum atomic E-state index is 4.83. The lowest BCUT2D eigenvalue weighted by Gasteiger charge is -2.02. The molecule has 3 aromatic carbocycles. The minimum Gasteiger partial charge on any atom is -0.306 e. The minimum atomic E-state index is 0.947. The monoisotopic (exact) mass is 372 g/mol. The molecule has 0 spiro atoms. The Bertz CT molecular complexity index is 1260. The molecular weight excluding hydrogens is 352 g/mol. The summed E-state index contributed by atoms with van der Waals surface area (Å²) < 4.78 is 2.07. The summed E-state index contributed by atoms with van der Waals surface area (Å²) in [6.45, 7) is 0. The fraction of sp³-hybridized carbons (Fsp3) is 0. The summed E-state index contributed by atoms with van der Waals surface area (Å²) in [4.78, 5) is 4.83. The number of rotatable bonds is 4. The van der Waals surface area contributed by atoms with Crippen molar-refractivity contribution in [1.29, 1.82) is 0 Å². The molecule has 0 aliphatic carbocycles. The molecule has 0 saturated carbocycles. The summed E-state index contributed by atoms with van der Waals surface area (Å²) in [5.41, 5.74) is 7.81. The zero-order valence-electron chi connectivity index (χ0n) is 15.9. The van der Waals surface area contributed by atoms with E-state index in [1.54, 1.807) is 0 Å². The highest BCUT2D eigenvalue weighted by molar-refractivity contribution is 5.73. The molecule has 2 nitrogen and oxygen atoms in total. The number of hydrogen-bond donors (Lipinski definition) is 0. The molecule has 2 heteroatoms. The van der Waals surface area contributed by atoms with E-state index in [1.165, 1.54) is 16.7 Å². The van der Waals surface area contributed by atoms with Gasteiger partial charge in [-0.05, 0) is 34.4 Å². The molecule has 0 radical (unpaired) electrons. The summed E-state index contributed by atoms with van der Waals surface area (Å²) in [5.74, 6) is 0. The van der Waals surface area contributed by atoms with Crippen LogP contribution >= 0.6 is 0 Å². The topological polar surface area (TPSA) is 17.3 Å². The van der Waals surface area contributed by atoms with Crippen LogP contribution in [0.25, 0.3) is 40.2 Å². The van der Waals surface area contributed by atoms with Gasteiger partial charge in [-0.2, -0.15) is 0 Å². The molecule has 0 amide bonds. The van der Waals surface area contributed by atoms with Gasteiger partial charge in [0.1, 0.15) is 5.65 Å². The maximum absolute atomic E-state index is 4.83. The molecule has 0 N–H and O–H groups in total. The molecule has 2 heterocycles. The summed E-state index contributed by atoms with van der Waals surface area (Å²) in [7, 11) is 0. The van der Waals surface area contributed by atoms with E-state index in [9.17, 15) is 0 Å². The lowest BCUT2D eigenvalue weighted by Crippen LogP contribution is -1.82. The second-order valence-corrected chi connectivity index (χ2v) is 7.04. The number of hydrogen-bond acceptors (Lipinski definition) is 1. The number of aromatic nitrogens is 2. The molecule has 0 fully saturated rings. The molecule has 2 aromatic heterocycles. The van der Waals surface area contributed by atoms with Crippen LogP contribution in [0.1, 0.15) is 11.1 Å². The Balaban J connectivity index is 1.42. The largest absolute Gasteiger partial charge is 0.306 e. The highest BCUT2D eigenvalue weighted by atomic mass is 15.0. The normalized spacial score (nSPS) is 11.3. The summed E-state index contributed by atoms with van der Waals surface area (Å²) in [5, 5.41) is 0. The first kappa shape index (κ1) is 17.2. The van der Waals surface area contributed by atoms with Gasteiger partial charge in [-0.1, -0.05) is 97.1 Å². The number of fused-ring (bicyclic) bond motifs is 1. The Morgan fingerprint density at radius 1 is 0.586 bits per heavy atom. The lowest BCUT2D eigenvalue weighted by atomic mass is 10.0.